The van der Waals surface area contributed by atoms with E-state index in [1.54, 1.807) is 18.5 Å². The minimum absolute atomic E-state index is 0.0670. The number of carbonyl (C=O) groups excluding carboxylic acids is 1. The van der Waals surface area contributed by atoms with E-state index in [-0.39, 0.29) is 11.9 Å². The quantitative estimate of drug-likeness (QED) is 0.912. The highest BCUT2D eigenvalue weighted by atomic mass is 32.1. The van der Waals surface area contributed by atoms with Gasteiger partial charge in [0.25, 0.3) is 5.91 Å². The molecule has 1 saturated heterocycles. The van der Waals surface area contributed by atoms with Gasteiger partial charge < -0.3 is 19.7 Å². The average Bonchev–Trinajstić information content (AvgIpc) is 3.07. The van der Waals surface area contributed by atoms with E-state index in [4.69, 9.17) is 9.47 Å². The number of ether oxygens (including phenoxy) is 2. The number of nitrogens with zero attached hydrogens (tertiary/aromatic N) is 3. The standard InChI is InChI=1S/C16H18N4O3S/c21-15(14-13-12(10-24-14)22-7-8-23-13)19-11-3-1-6-20(9-11)16-17-4-2-5-18-16/h2,4-5,10-11H,1,3,6-9H2,(H,19,21). The number of aromatic nitrogens is 2. The number of carbonyl (C=O) groups is 1. The summed E-state index contributed by atoms with van der Waals surface area (Å²) < 4.78 is 11.1. The summed E-state index contributed by atoms with van der Waals surface area (Å²) in [6.45, 7) is 2.62. The molecule has 1 atom stereocenters. The summed E-state index contributed by atoms with van der Waals surface area (Å²) in [5, 5.41) is 4.94. The molecule has 126 valence electrons. The Morgan fingerprint density at radius 3 is 3.00 bits per heavy atom. The van der Waals surface area contributed by atoms with Gasteiger partial charge in [0.1, 0.15) is 18.1 Å². The van der Waals surface area contributed by atoms with Gasteiger partial charge in [0.2, 0.25) is 5.95 Å². The lowest BCUT2D eigenvalue weighted by atomic mass is 10.1. The average molecular weight is 346 g/mol. The summed E-state index contributed by atoms with van der Waals surface area (Å²) in [5.74, 6) is 1.84. The normalized spacial score (nSPS) is 19.8. The van der Waals surface area contributed by atoms with E-state index >= 15 is 0 Å². The van der Waals surface area contributed by atoms with Gasteiger partial charge in [-0.1, -0.05) is 0 Å². The molecule has 2 aliphatic rings. The Kier molecular flexibility index (Phi) is 4.20. The van der Waals surface area contributed by atoms with Crippen molar-refractivity contribution in [2.24, 2.45) is 0 Å². The molecule has 7 nitrogen and oxygen atoms in total. The molecule has 0 aliphatic carbocycles. The number of rotatable bonds is 3. The maximum Gasteiger partial charge on any atom is 0.265 e. The van der Waals surface area contributed by atoms with Crippen LogP contribution in [0.5, 0.6) is 11.5 Å². The van der Waals surface area contributed by atoms with E-state index in [9.17, 15) is 4.79 Å². The molecule has 1 unspecified atom stereocenters. The van der Waals surface area contributed by atoms with Gasteiger partial charge in [-0.05, 0) is 18.9 Å². The highest BCUT2D eigenvalue weighted by Crippen LogP contribution is 2.39. The van der Waals surface area contributed by atoms with Crippen molar-refractivity contribution >= 4 is 23.2 Å². The van der Waals surface area contributed by atoms with E-state index in [0.717, 1.165) is 19.4 Å². The van der Waals surface area contributed by atoms with Gasteiger partial charge in [-0.15, -0.1) is 11.3 Å². The van der Waals surface area contributed by atoms with Gasteiger partial charge in [0.15, 0.2) is 11.5 Å². The molecule has 2 aromatic heterocycles. The van der Waals surface area contributed by atoms with E-state index in [1.807, 2.05) is 5.38 Å². The largest absolute Gasteiger partial charge is 0.485 e. The molecule has 0 saturated carbocycles. The van der Waals surface area contributed by atoms with Crippen molar-refractivity contribution in [1.82, 2.24) is 15.3 Å². The van der Waals surface area contributed by atoms with Crippen LogP contribution in [0.4, 0.5) is 5.95 Å². The fourth-order valence-electron chi connectivity index (χ4n) is 3.00. The third kappa shape index (κ3) is 3.01. The van der Waals surface area contributed by atoms with Crippen molar-refractivity contribution in [2.75, 3.05) is 31.2 Å². The molecule has 8 heteroatoms. The molecule has 24 heavy (non-hydrogen) atoms. The van der Waals surface area contributed by atoms with Gasteiger partial charge >= 0.3 is 0 Å². The van der Waals surface area contributed by atoms with Crippen LogP contribution in [0.15, 0.2) is 23.8 Å². The molecule has 0 aromatic carbocycles. The van der Waals surface area contributed by atoms with E-state index in [1.165, 1.54) is 11.3 Å². The first-order valence-corrected chi connectivity index (χ1v) is 8.89. The topological polar surface area (TPSA) is 76.6 Å². The SMILES string of the molecule is O=C(NC1CCCN(c2ncccn2)C1)c1scc2c1OCCO2. The van der Waals surface area contributed by atoms with Gasteiger partial charge in [0, 0.05) is 36.9 Å². The summed E-state index contributed by atoms with van der Waals surface area (Å²) in [6.07, 6.45) is 5.41. The van der Waals surface area contributed by atoms with Gasteiger partial charge in [0.05, 0.1) is 0 Å². The Hall–Kier alpha value is -2.35. The van der Waals surface area contributed by atoms with Crippen LogP contribution >= 0.6 is 11.3 Å². The number of fused-ring (bicyclic) bond motifs is 1. The third-order valence-electron chi connectivity index (χ3n) is 4.10. The van der Waals surface area contributed by atoms with Crippen LogP contribution in [0.25, 0.3) is 0 Å². The lowest BCUT2D eigenvalue weighted by Gasteiger charge is -2.33. The Morgan fingerprint density at radius 1 is 1.29 bits per heavy atom. The first-order valence-electron chi connectivity index (χ1n) is 8.01. The van der Waals surface area contributed by atoms with Gasteiger partial charge in [-0.2, -0.15) is 0 Å². The lowest BCUT2D eigenvalue weighted by Crippen LogP contribution is -2.48. The van der Waals surface area contributed by atoms with Crippen LogP contribution < -0.4 is 19.7 Å². The minimum Gasteiger partial charge on any atom is -0.485 e. The summed E-state index contributed by atoms with van der Waals surface area (Å²) in [5.41, 5.74) is 0. The number of nitrogens with one attached hydrogen (secondary N) is 1. The second-order valence-corrected chi connectivity index (χ2v) is 6.64. The number of hydrogen-bond donors (Lipinski definition) is 1. The molecule has 4 rings (SSSR count). The van der Waals surface area contributed by atoms with Gasteiger partial charge in [-0.25, -0.2) is 9.97 Å². The van der Waals surface area contributed by atoms with Crippen molar-refractivity contribution in [3.63, 3.8) is 0 Å². The molecule has 0 bridgehead atoms. The highest BCUT2D eigenvalue weighted by Gasteiger charge is 2.27. The molecule has 1 N–H and O–H groups in total. The van der Waals surface area contributed by atoms with Crippen molar-refractivity contribution in [3.8, 4) is 11.5 Å². The molecular weight excluding hydrogens is 328 g/mol. The van der Waals surface area contributed by atoms with Crippen molar-refractivity contribution in [1.29, 1.82) is 0 Å². The maximum absolute atomic E-state index is 12.6. The Bertz CT molecular complexity index is 721. The molecule has 1 fully saturated rings. The summed E-state index contributed by atoms with van der Waals surface area (Å²) in [7, 11) is 0. The predicted octanol–water partition coefficient (Wildman–Crippen LogP) is 1.71. The lowest BCUT2D eigenvalue weighted by molar-refractivity contribution is 0.0928. The highest BCUT2D eigenvalue weighted by molar-refractivity contribution is 7.12. The van der Waals surface area contributed by atoms with Crippen LogP contribution in [0.1, 0.15) is 22.5 Å². The minimum atomic E-state index is -0.104. The summed E-state index contributed by atoms with van der Waals surface area (Å²) in [4.78, 5) is 23.9. The number of thiophene rings is 1. The first kappa shape index (κ1) is 15.2. The second kappa shape index (κ2) is 6.64. The zero-order chi connectivity index (χ0) is 16.4. The van der Waals surface area contributed by atoms with Crippen LogP contribution in [-0.4, -0.2) is 48.2 Å². The summed E-state index contributed by atoms with van der Waals surface area (Å²) >= 11 is 1.36. The van der Waals surface area contributed by atoms with Crippen molar-refractivity contribution < 1.29 is 14.3 Å². The van der Waals surface area contributed by atoms with Crippen LogP contribution in [0.2, 0.25) is 0 Å². The molecule has 0 spiro atoms. The number of piperidine rings is 1. The van der Waals surface area contributed by atoms with Crippen molar-refractivity contribution in [2.45, 2.75) is 18.9 Å². The molecule has 2 aromatic rings. The fraction of sp³-hybridized carbons (Fsp3) is 0.438. The van der Waals surface area contributed by atoms with E-state index in [0.29, 0.717) is 42.1 Å². The zero-order valence-electron chi connectivity index (χ0n) is 13.1. The number of amides is 1. The smallest absolute Gasteiger partial charge is 0.265 e. The van der Waals surface area contributed by atoms with Crippen LogP contribution in [0, 0.1) is 0 Å². The predicted molar refractivity (Wildman–Crippen MR) is 90.0 cm³/mol. The molecular formula is C16H18N4O3S. The Morgan fingerprint density at radius 2 is 2.12 bits per heavy atom. The molecule has 4 heterocycles. The Labute approximate surface area is 143 Å². The number of anilines is 1. The Balaban J connectivity index is 1.43. The summed E-state index contributed by atoms with van der Waals surface area (Å²) in [6, 6.07) is 1.87. The monoisotopic (exact) mass is 346 g/mol. The molecule has 0 radical (unpaired) electrons. The second-order valence-electron chi connectivity index (χ2n) is 5.76. The zero-order valence-corrected chi connectivity index (χ0v) is 13.9. The molecule has 1 amide bonds. The third-order valence-corrected chi connectivity index (χ3v) is 5.04. The number of hydrogen-bond acceptors (Lipinski definition) is 7. The fourth-order valence-corrected chi connectivity index (χ4v) is 3.83. The van der Waals surface area contributed by atoms with Crippen LogP contribution in [-0.2, 0) is 0 Å². The first-order chi connectivity index (χ1) is 11.8. The van der Waals surface area contributed by atoms with Gasteiger partial charge in [-0.3, -0.25) is 4.79 Å². The van der Waals surface area contributed by atoms with E-state index in [2.05, 4.69) is 20.2 Å². The molecule has 2 aliphatic heterocycles. The van der Waals surface area contributed by atoms with E-state index < -0.39 is 0 Å². The van der Waals surface area contributed by atoms with Crippen LogP contribution in [0.3, 0.4) is 0 Å². The maximum atomic E-state index is 12.6. The van der Waals surface area contributed by atoms with Crippen molar-refractivity contribution in [3.05, 3.63) is 28.7 Å².